The van der Waals surface area contributed by atoms with Crippen molar-refractivity contribution in [2.75, 3.05) is 7.11 Å². The lowest BCUT2D eigenvalue weighted by molar-refractivity contribution is 0.158. The largest absolute Gasteiger partial charge is 0.437 e. The molecule has 8 heteroatoms. The molecule has 0 atom stereocenters. The van der Waals surface area contributed by atoms with Crippen LogP contribution in [-0.2, 0) is 24.3 Å². The van der Waals surface area contributed by atoms with Crippen LogP contribution in [0.2, 0.25) is 0 Å². The maximum absolute atomic E-state index is 11.4. The fourth-order valence-electron chi connectivity index (χ4n) is 1.34. The maximum Gasteiger partial charge on any atom is 0.437 e. The molecule has 0 bridgehead atoms. The Hall–Kier alpha value is -1.96. The van der Waals surface area contributed by atoms with E-state index in [4.69, 9.17) is 9.15 Å². The van der Waals surface area contributed by atoms with Crippen LogP contribution in [0.25, 0.3) is 0 Å². The highest BCUT2D eigenvalue weighted by molar-refractivity contribution is 4.90. The number of aromatic nitrogens is 5. The normalized spacial score (nSPS) is 10.9. The van der Waals surface area contributed by atoms with Crippen molar-refractivity contribution in [2.24, 2.45) is 0 Å². The van der Waals surface area contributed by atoms with E-state index >= 15 is 0 Å². The van der Waals surface area contributed by atoms with Gasteiger partial charge in [-0.25, -0.2) is 9.78 Å². The number of aryl methyl sites for hydroxylation is 1. The Balaban J connectivity index is 2.15. The van der Waals surface area contributed by atoms with Crippen molar-refractivity contribution in [2.45, 2.75) is 26.5 Å². The SMILES string of the molecule is CCc1n[nH]c(Cn2nc(COC)oc2=O)n1. The molecule has 0 fully saturated rings. The molecule has 0 radical (unpaired) electrons. The molecular weight excluding hydrogens is 226 g/mol. The summed E-state index contributed by atoms with van der Waals surface area (Å²) in [7, 11) is 1.50. The van der Waals surface area contributed by atoms with E-state index in [2.05, 4.69) is 20.3 Å². The van der Waals surface area contributed by atoms with Crippen LogP contribution in [0.15, 0.2) is 9.21 Å². The van der Waals surface area contributed by atoms with Crippen LogP contribution in [-0.4, -0.2) is 32.1 Å². The number of hydrogen-bond acceptors (Lipinski definition) is 6. The highest BCUT2D eigenvalue weighted by Crippen LogP contribution is 1.97. The first-order chi connectivity index (χ1) is 8.22. The first-order valence-corrected chi connectivity index (χ1v) is 5.18. The minimum Gasteiger partial charge on any atom is -0.390 e. The summed E-state index contributed by atoms with van der Waals surface area (Å²) in [5.41, 5.74) is 0. The molecule has 8 nitrogen and oxygen atoms in total. The van der Waals surface area contributed by atoms with E-state index in [-0.39, 0.29) is 19.0 Å². The Kier molecular flexibility index (Phi) is 3.33. The van der Waals surface area contributed by atoms with Crippen LogP contribution in [0, 0.1) is 0 Å². The van der Waals surface area contributed by atoms with E-state index in [1.54, 1.807) is 0 Å². The lowest BCUT2D eigenvalue weighted by Gasteiger charge is -1.92. The minimum atomic E-state index is -0.536. The van der Waals surface area contributed by atoms with E-state index in [1.165, 1.54) is 11.8 Å². The molecule has 0 unspecified atom stereocenters. The molecule has 0 spiro atoms. The molecule has 2 heterocycles. The summed E-state index contributed by atoms with van der Waals surface area (Å²) in [6.45, 7) is 2.32. The molecule has 1 N–H and O–H groups in total. The zero-order chi connectivity index (χ0) is 12.3. The molecule has 17 heavy (non-hydrogen) atoms. The third-order valence-corrected chi connectivity index (χ3v) is 2.11. The van der Waals surface area contributed by atoms with Crippen molar-refractivity contribution in [1.82, 2.24) is 25.0 Å². The van der Waals surface area contributed by atoms with Crippen LogP contribution in [0.1, 0.15) is 24.5 Å². The number of methoxy groups -OCH3 is 1. The average Bonchev–Trinajstić information content (AvgIpc) is 2.88. The monoisotopic (exact) mass is 239 g/mol. The molecule has 0 aliphatic rings. The molecular formula is C9H13N5O3. The standard InChI is InChI=1S/C9H13N5O3/c1-3-6-10-7(12-11-6)4-14-9(15)17-8(13-14)5-16-2/h3-5H2,1-2H3,(H,10,11,12). The second-order valence-corrected chi connectivity index (χ2v) is 3.40. The van der Waals surface area contributed by atoms with Gasteiger partial charge in [-0.15, -0.1) is 5.10 Å². The third-order valence-electron chi connectivity index (χ3n) is 2.11. The smallest absolute Gasteiger partial charge is 0.390 e. The Morgan fingerprint density at radius 1 is 1.53 bits per heavy atom. The second-order valence-electron chi connectivity index (χ2n) is 3.40. The molecule has 0 saturated heterocycles. The predicted molar refractivity (Wildman–Crippen MR) is 56.3 cm³/mol. The van der Waals surface area contributed by atoms with Gasteiger partial charge in [-0.3, -0.25) is 5.10 Å². The fourth-order valence-corrected chi connectivity index (χ4v) is 1.34. The maximum atomic E-state index is 11.4. The van der Waals surface area contributed by atoms with Gasteiger partial charge in [0.1, 0.15) is 19.0 Å². The molecule has 0 aliphatic heterocycles. The van der Waals surface area contributed by atoms with Crippen LogP contribution in [0.3, 0.4) is 0 Å². The van der Waals surface area contributed by atoms with Crippen molar-refractivity contribution < 1.29 is 9.15 Å². The second kappa shape index (κ2) is 4.91. The van der Waals surface area contributed by atoms with E-state index in [9.17, 15) is 4.79 Å². The number of aromatic amines is 1. The average molecular weight is 239 g/mol. The first kappa shape index (κ1) is 11.5. The van der Waals surface area contributed by atoms with Gasteiger partial charge in [0.25, 0.3) is 0 Å². The fraction of sp³-hybridized carbons (Fsp3) is 0.556. The summed E-state index contributed by atoms with van der Waals surface area (Å²) in [5.74, 6) is 0.981. The lowest BCUT2D eigenvalue weighted by atomic mass is 10.5. The van der Waals surface area contributed by atoms with E-state index < -0.39 is 5.76 Å². The number of H-pyrrole nitrogens is 1. The topological polar surface area (TPSA) is 98.8 Å². The van der Waals surface area contributed by atoms with Gasteiger partial charge in [-0.2, -0.15) is 9.78 Å². The van der Waals surface area contributed by atoms with Gasteiger partial charge in [0.2, 0.25) is 5.89 Å². The number of nitrogens with zero attached hydrogens (tertiary/aromatic N) is 4. The van der Waals surface area contributed by atoms with Crippen molar-refractivity contribution in [3.05, 3.63) is 28.1 Å². The van der Waals surface area contributed by atoms with Crippen molar-refractivity contribution in [3.63, 3.8) is 0 Å². The molecule has 2 aromatic rings. The Labute approximate surface area is 96.6 Å². The molecule has 2 aromatic heterocycles. The van der Waals surface area contributed by atoms with Gasteiger partial charge in [0.15, 0.2) is 5.82 Å². The summed E-state index contributed by atoms with van der Waals surface area (Å²) >= 11 is 0. The zero-order valence-electron chi connectivity index (χ0n) is 9.63. The number of ether oxygens (including phenoxy) is 1. The Morgan fingerprint density at radius 2 is 2.35 bits per heavy atom. The van der Waals surface area contributed by atoms with Gasteiger partial charge in [0.05, 0.1) is 0 Å². The van der Waals surface area contributed by atoms with Crippen molar-refractivity contribution >= 4 is 0 Å². The van der Waals surface area contributed by atoms with E-state index in [1.807, 2.05) is 6.92 Å². The highest BCUT2D eigenvalue weighted by Gasteiger charge is 2.10. The van der Waals surface area contributed by atoms with E-state index in [0.717, 1.165) is 6.42 Å². The summed E-state index contributed by atoms with van der Waals surface area (Å²) in [5, 5.41) is 10.7. The molecule has 0 amide bonds. The van der Waals surface area contributed by atoms with Gasteiger partial charge < -0.3 is 9.15 Å². The molecule has 0 aromatic carbocycles. The molecule has 0 saturated carbocycles. The number of hydrogen-bond donors (Lipinski definition) is 1. The zero-order valence-corrected chi connectivity index (χ0v) is 9.63. The van der Waals surface area contributed by atoms with E-state index in [0.29, 0.717) is 11.6 Å². The Morgan fingerprint density at radius 3 is 3.00 bits per heavy atom. The summed E-state index contributed by atoms with van der Waals surface area (Å²) in [6, 6.07) is 0. The van der Waals surface area contributed by atoms with Crippen LogP contribution in [0.4, 0.5) is 0 Å². The lowest BCUT2D eigenvalue weighted by Crippen LogP contribution is -2.17. The first-order valence-electron chi connectivity index (χ1n) is 5.18. The summed E-state index contributed by atoms with van der Waals surface area (Å²) < 4.78 is 10.9. The third kappa shape index (κ3) is 2.59. The molecule has 0 aliphatic carbocycles. The van der Waals surface area contributed by atoms with Crippen LogP contribution in [0.5, 0.6) is 0 Å². The van der Waals surface area contributed by atoms with Crippen molar-refractivity contribution in [1.29, 1.82) is 0 Å². The summed E-state index contributed by atoms with van der Waals surface area (Å²) in [6.07, 6.45) is 0.735. The van der Waals surface area contributed by atoms with Crippen LogP contribution >= 0.6 is 0 Å². The number of rotatable bonds is 5. The molecule has 92 valence electrons. The van der Waals surface area contributed by atoms with Gasteiger partial charge >= 0.3 is 5.76 Å². The highest BCUT2D eigenvalue weighted by atomic mass is 16.5. The van der Waals surface area contributed by atoms with Crippen LogP contribution < -0.4 is 5.76 Å². The molecule has 2 rings (SSSR count). The summed E-state index contributed by atoms with van der Waals surface area (Å²) in [4.78, 5) is 15.6. The predicted octanol–water partition coefficient (Wildman–Crippen LogP) is -0.289. The minimum absolute atomic E-state index is 0.166. The number of nitrogens with one attached hydrogen (secondary N) is 1. The Bertz CT molecular complexity index is 541. The van der Waals surface area contributed by atoms with Gasteiger partial charge in [-0.1, -0.05) is 6.92 Å². The van der Waals surface area contributed by atoms with Crippen molar-refractivity contribution in [3.8, 4) is 0 Å². The van der Waals surface area contributed by atoms with Gasteiger partial charge in [-0.05, 0) is 0 Å². The van der Waals surface area contributed by atoms with Gasteiger partial charge in [0, 0.05) is 13.5 Å². The quantitative estimate of drug-likeness (QED) is 0.769.